The Labute approximate surface area is 133 Å². The quantitative estimate of drug-likeness (QED) is 0.643. The van der Waals surface area contributed by atoms with Crippen molar-refractivity contribution in [3.05, 3.63) is 91.0 Å². The van der Waals surface area contributed by atoms with E-state index in [1.165, 1.54) is 16.4 Å². The minimum atomic E-state index is -0.967. The first kappa shape index (κ1) is 14.7. The smallest absolute Gasteiger partial charge is 0.0837 e. The van der Waals surface area contributed by atoms with Crippen molar-refractivity contribution in [2.24, 2.45) is 0 Å². The monoisotopic (exact) mass is 285 g/mol. The van der Waals surface area contributed by atoms with Crippen molar-refractivity contribution < 1.29 is 0 Å². The van der Waals surface area contributed by atoms with Gasteiger partial charge in [-0.3, -0.25) is 0 Å². The van der Waals surface area contributed by atoms with Gasteiger partial charge in [-0.15, -0.1) is 0 Å². The van der Waals surface area contributed by atoms with Crippen LogP contribution < -0.4 is 16.4 Å². The normalized spacial score (nSPS) is 11.6. The van der Waals surface area contributed by atoms with E-state index in [4.69, 9.17) is 0 Å². The van der Waals surface area contributed by atoms with Gasteiger partial charge in [0, 0.05) is 0 Å². The second-order valence-corrected chi connectivity index (χ2v) is 6.41. The average Bonchev–Trinajstić information content (AvgIpc) is 2.58. The molecule has 1 heteroatoms. The largest absolute Gasteiger partial charge is 0.200 e. The zero-order chi connectivity index (χ0) is 15.4. The standard InChI is InChI=1S/C21H22B/c1-18(2)22(19-12-6-3-7-13-19,20-14-8-4-9-15-20)21-16-10-5-11-17-21/h3-18H,1-2H3/q-1. The topological polar surface area (TPSA) is 0 Å². The van der Waals surface area contributed by atoms with Crippen LogP contribution in [-0.2, 0) is 0 Å². The van der Waals surface area contributed by atoms with Crippen molar-refractivity contribution in [1.29, 1.82) is 0 Å². The first-order valence-electron chi connectivity index (χ1n) is 8.09. The zero-order valence-corrected chi connectivity index (χ0v) is 13.3. The van der Waals surface area contributed by atoms with Crippen molar-refractivity contribution >= 4 is 22.5 Å². The van der Waals surface area contributed by atoms with Crippen molar-refractivity contribution in [2.45, 2.75) is 19.7 Å². The molecule has 0 radical (unpaired) electrons. The third-order valence-electron chi connectivity index (χ3n) is 4.98. The number of hydrogen-bond acceptors (Lipinski definition) is 0. The summed E-state index contributed by atoms with van der Waals surface area (Å²) in [5.74, 6) is 0.507. The summed E-state index contributed by atoms with van der Waals surface area (Å²) in [5, 5.41) is 0. The second kappa shape index (κ2) is 6.23. The summed E-state index contributed by atoms with van der Waals surface area (Å²) in [6.07, 6.45) is -0.967. The van der Waals surface area contributed by atoms with Crippen LogP contribution in [-0.4, -0.2) is 6.15 Å². The van der Waals surface area contributed by atoms with E-state index in [1.54, 1.807) is 0 Å². The number of rotatable bonds is 4. The van der Waals surface area contributed by atoms with E-state index >= 15 is 0 Å². The van der Waals surface area contributed by atoms with Crippen LogP contribution in [0.4, 0.5) is 0 Å². The van der Waals surface area contributed by atoms with Crippen LogP contribution in [0.3, 0.4) is 0 Å². The molecule has 110 valence electrons. The Kier molecular flexibility index (Phi) is 4.15. The van der Waals surface area contributed by atoms with E-state index < -0.39 is 6.15 Å². The molecule has 0 bridgehead atoms. The Balaban J connectivity index is 2.34. The Hall–Kier alpha value is -2.28. The first-order valence-corrected chi connectivity index (χ1v) is 8.09. The summed E-state index contributed by atoms with van der Waals surface area (Å²) in [6, 6.07) is 32.9. The summed E-state index contributed by atoms with van der Waals surface area (Å²) in [5.41, 5.74) is 4.24. The first-order chi connectivity index (χ1) is 10.8. The third kappa shape index (κ3) is 2.37. The van der Waals surface area contributed by atoms with Gasteiger partial charge in [0.25, 0.3) is 0 Å². The molecule has 0 amide bonds. The van der Waals surface area contributed by atoms with Crippen molar-refractivity contribution in [3.63, 3.8) is 0 Å². The molecule has 0 saturated heterocycles. The van der Waals surface area contributed by atoms with Crippen molar-refractivity contribution in [2.75, 3.05) is 0 Å². The van der Waals surface area contributed by atoms with Crippen LogP contribution in [0.15, 0.2) is 91.0 Å². The van der Waals surface area contributed by atoms with Gasteiger partial charge in [0.05, 0.1) is 6.15 Å². The Morgan fingerprint density at radius 2 is 0.773 bits per heavy atom. The van der Waals surface area contributed by atoms with Gasteiger partial charge in [-0.2, -0.15) is 22.2 Å². The molecular formula is C21H22B-. The molecule has 3 aromatic rings. The molecule has 0 aliphatic carbocycles. The fourth-order valence-electron chi connectivity index (χ4n) is 4.00. The molecule has 0 N–H and O–H groups in total. The van der Waals surface area contributed by atoms with E-state index in [0.717, 1.165) is 0 Å². The highest BCUT2D eigenvalue weighted by molar-refractivity contribution is 7.12. The minimum absolute atomic E-state index is 0.507. The van der Waals surface area contributed by atoms with Gasteiger partial charge in [0.15, 0.2) is 0 Å². The van der Waals surface area contributed by atoms with Crippen LogP contribution in [0.1, 0.15) is 13.8 Å². The lowest BCUT2D eigenvalue weighted by Crippen LogP contribution is -2.68. The van der Waals surface area contributed by atoms with Crippen LogP contribution in [0.5, 0.6) is 0 Å². The van der Waals surface area contributed by atoms with Crippen molar-refractivity contribution in [3.8, 4) is 0 Å². The highest BCUT2D eigenvalue weighted by Crippen LogP contribution is 2.21. The molecule has 0 aromatic heterocycles. The maximum absolute atomic E-state index is 2.34. The SMILES string of the molecule is CC(C)[B-](c1ccccc1)(c1ccccc1)c1ccccc1. The summed E-state index contributed by atoms with van der Waals surface area (Å²) >= 11 is 0. The maximum Gasteiger partial charge on any atom is 0.0837 e. The molecule has 3 aromatic carbocycles. The Morgan fingerprint density at radius 1 is 0.500 bits per heavy atom. The molecule has 0 aliphatic heterocycles. The molecule has 0 heterocycles. The highest BCUT2D eigenvalue weighted by Gasteiger charge is 2.32. The summed E-state index contributed by atoms with van der Waals surface area (Å²) in [6.45, 7) is 4.68. The Bertz CT molecular complexity index is 606. The van der Waals surface area contributed by atoms with E-state index in [1.807, 2.05) is 0 Å². The lowest BCUT2D eigenvalue weighted by Gasteiger charge is -2.47. The van der Waals surface area contributed by atoms with Gasteiger partial charge in [0.2, 0.25) is 0 Å². The predicted molar refractivity (Wildman–Crippen MR) is 99.1 cm³/mol. The molecular weight excluding hydrogens is 263 g/mol. The zero-order valence-electron chi connectivity index (χ0n) is 13.3. The van der Waals surface area contributed by atoms with E-state index in [0.29, 0.717) is 5.82 Å². The van der Waals surface area contributed by atoms with Gasteiger partial charge in [-0.25, -0.2) is 0 Å². The van der Waals surface area contributed by atoms with Crippen LogP contribution in [0, 0.1) is 0 Å². The summed E-state index contributed by atoms with van der Waals surface area (Å²) < 4.78 is 0. The van der Waals surface area contributed by atoms with Gasteiger partial charge in [0.1, 0.15) is 0 Å². The fourth-order valence-corrected chi connectivity index (χ4v) is 4.00. The third-order valence-corrected chi connectivity index (χ3v) is 4.98. The fraction of sp³-hybridized carbons (Fsp3) is 0.143. The molecule has 0 fully saturated rings. The molecule has 0 saturated carbocycles. The predicted octanol–water partition coefficient (Wildman–Crippen LogP) is 3.57. The molecule has 0 aliphatic rings. The molecule has 0 nitrogen and oxygen atoms in total. The van der Waals surface area contributed by atoms with Gasteiger partial charge < -0.3 is 0 Å². The Morgan fingerprint density at radius 3 is 1.00 bits per heavy atom. The summed E-state index contributed by atoms with van der Waals surface area (Å²) in [7, 11) is 0. The second-order valence-electron chi connectivity index (χ2n) is 6.41. The molecule has 0 atom stereocenters. The molecule has 0 unspecified atom stereocenters. The minimum Gasteiger partial charge on any atom is -0.200 e. The molecule has 3 rings (SSSR count). The number of benzene rings is 3. The summed E-state index contributed by atoms with van der Waals surface area (Å²) in [4.78, 5) is 0. The van der Waals surface area contributed by atoms with E-state index in [-0.39, 0.29) is 0 Å². The lowest BCUT2D eigenvalue weighted by atomic mass is 9.11. The van der Waals surface area contributed by atoms with E-state index in [9.17, 15) is 0 Å². The molecule has 22 heavy (non-hydrogen) atoms. The lowest BCUT2D eigenvalue weighted by molar-refractivity contribution is 1.04. The van der Waals surface area contributed by atoms with Crippen molar-refractivity contribution in [1.82, 2.24) is 0 Å². The van der Waals surface area contributed by atoms with Crippen LogP contribution in [0.25, 0.3) is 0 Å². The maximum atomic E-state index is 2.34. The van der Waals surface area contributed by atoms with Gasteiger partial charge in [-0.1, -0.05) is 105 Å². The average molecular weight is 285 g/mol. The molecule has 0 spiro atoms. The van der Waals surface area contributed by atoms with Gasteiger partial charge >= 0.3 is 0 Å². The highest BCUT2D eigenvalue weighted by atomic mass is 14.1. The van der Waals surface area contributed by atoms with Crippen LogP contribution >= 0.6 is 0 Å². The van der Waals surface area contributed by atoms with Gasteiger partial charge in [-0.05, 0) is 0 Å². The number of hydrogen-bond donors (Lipinski definition) is 0. The van der Waals surface area contributed by atoms with E-state index in [2.05, 4.69) is 105 Å². The van der Waals surface area contributed by atoms with Crippen LogP contribution in [0.2, 0.25) is 5.82 Å².